The monoisotopic (exact) mass is 359 g/mol. The second kappa shape index (κ2) is 10.0. The molecule has 0 atom stereocenters. The fourth-order valence-corrected chi connectivity index (χ4v) is 2.52. The summed E-state index contributed by atoms with van der Waals surface area (Å²) in [5.41, 5.74) is 1.08. The van der Waals surface area contributed by atoms with Crippen LogP contribution in [0.15, 0.2) is 16.6 Å². The Bertz CT molecular complexity index is 424. The largest absolute Gasteiger partial charge is 0.493 e. The third-order valence-electron chi connectivity index (χ3n) is 3.00. The summed E-state index contributed by atoms with van der Waals surface area (Å²) in [6, 6.07) is 3.98. The van der Waals surface area contributed by atoms with Crippen LogP contribution in [0.25, 0.3) is 0 Å². The van der Waals surface area contributed by atoms with Crippen molar-refractivity contribution in [2.45, 2.75) is 45.8 Å². The topological polar surface area (TPSA) is 50.7 Å². The van der Waals surface area contributed by atoms with Crippen LogP contribution in [-0.4, -0.2) is 31.5 Å². The van der Waals surface area contributed by atoms with Crippen molar-refractivity contribution in [2.75, 3.05) is 20.3 Å². The Morgan fingerprint density at radius 3 is 2.62 bits per heavy atom. The summed E-state index contributed by atoms with van der Waals surface area (Å²) >= 11 is 3.51. The van der Waals surface area contributed by atoms with Gasteiger partial charge in [-0.25, -0.2) is 0 Å². The highest BCUT2D eigenvalue weighted by Crippen LogP contribution is 2.35. The number of unbranched alkanes of at least 4 members (excludes halogenated alkanes) is 2. The van der Waals surface area contributed by atoms with Gasteiger partial charge in [-0.1, -0.05) is 15.9 Å². The van der Waals surface area contributed by atoms with E-state index in [9.17, 15) is 0 Å². The van der Waals surface area contributed by atoms with E-state index >= 15 is 0 Å². The zero-order chi connectivity index (χ0) is 15.7. The van der Waals surface area contributed by atoms with Crippen LogP contribution in [0.4, 0.5) is 0 Å². The minimum Gasteiger partial charge on any atom is -0.493 e. The van der Waals surface area contributed by atoms with E-state index < -0.39 is 0 Å². The molecule has 0 aliphatic carbocycles. The first-order valence-electron chi connectivity index (χ1n) is 7.43. The molecule has 120 valence electrons. The predicted molar refractivity (Wildman–Crippen MR) is 89.1 cm³/mol. The summed E-state index contributed by atoms with van der Waals surface area (Å²) in [5.74, 6) is 1.55. The lowest BCUT2D eigenvalue weighted by Gasteiger charge is -2.18. The zero-order valence-corrected chi connectivity index (χ0v) is 14.7. The van der Waals surface area contributed by atoms with E-state index in [1.165, 1.54) is 0 Å². The normalized spacial score (nSPS) is 11.0. The lowest BCUT2D eigenvalue weighted by molar-refractivity contribution is 0.227. The minimum atomic E-state index is 0.100. The van der Waals surface area contributed by atoms with Crippen LogP contribution in [0.2, 0.25) is 0 Å². The number of methoxy groups -OCH3 is 1. The zero-order valence-electron chi connectivity index (χ0n) is 13.1. The van der Waals surface area contributed by atoms with E-state index in [2.05, 4.69) is 27.3 Å². The van der Waals surface area contributed by atoms with Crippen molar-refractivity contribution in [3.05, 3.63) is 22.2 Å². The van der Waals surface area contributed by atoms with E-state index in [1.54, 1.807) is 7.11 Å². The quantitative estimate of drug-likeness (QED) is 0.627. The summed E-state index contributed by atoms with van der Waals surface area (Å²) in [6.45, 7) is 5.95. The van der Waals surface area contributed by atoms with Gasteiger partial charge in [0.1, 0.15) is 0 Å². The third kappa shape index (κ3) is 6.68. The third-order valence-corrected chi connectivity index (χ3v) is 3.45. The Morgan fingerprint density at radius 1 is 1.24 bits per heavy atom. The molecular formula is C16H26BrNO3. The van der Waals surface area contributed by atoms with Gasteiger partial charge in [-0.2, -0.15) is 0 Å². The smallest absolute Gasteiger partial charge is 0.166 e. The Balaban J connectivity index is 2.67. The lowest BCUT2D eigenvalue weighted by atomic mass is 10.1. The van der Waals surface area contributed by atoms with Crippen molar-refractivity contribution in [3.63, 3.8) is 0 Å². The van der Waals surface area contributed by atoms with Gasteiger partial charge in [-0.15, -0.1) is 0 Å². The van der Waals surface area contributed by atoms with Crippen molar-refractivity contribution < 1.29 is 14.6 Å². The average molecular weight is 360 g/mol. The van der Waals surface area contributed by atoms with Crippen LogP contribution in [0, 0.1) is 0 Å². The maximum Gasteiger partial charge on any atom is 0.166 e. The molecule has 0 radical (unpaired) electrons. The Hall–Kier alpha value is -0.780. The van der Waals surface area contributed by atoms with Gasteiger partial charge in [0.05, 0.1) is 13.2 Å². The van der Waals surface area contributed by atoms with Gasteiger partial charge in [-0.3, -0.25) is 0 Å². The van der Waals surface area contributed by atoms with E-state index in [4.69, 9.17) is 14.6 Å². The number of aliphatic hydroxyl groups is 1. The van der Waals surface area contributed by atoms with Gasteiger partial charge in [0, 0.05) is 23.2 Å². The molecule has 1 rings (SSSR count). The molecule has 1 aromatic rings. The van der Waals surface area contributed by atoms with Crippen molar-refractivity contribution in [1.82, 2.24) is 5.32 Å². The van der Waals surface area contributed by atoms with Crippen LogP contribution in [0.1, 0.15) is 38.7 Å². The van der Waals surface area contributed by atoms with Crippen molar-refractivity contribution in [1.29, 1.82) is 0 Å². The van der Waals surface area contributed by atoms with Crippen LogP contribution in [0.5, 0.6) is 11.5 Å². The molecule has 4 nitrogen and oxygen atoms in total. The van der Waals surface area contributed by atoms with Crippen LogP contribution in [-0.2, 0) is 6.54 Å². The van der Waals surface area contributed by atoms with Crippen molar-refractivity contribution >= 4 is 15.9 Å². The van der Waals surface area contributed by atoms with Gasteiger partial charge in [0.25, 0.3) is 0 Å². The number of benzene rings is 1. The maximum atomic E-state index is 8.75. The number of aliphatic hydroxyl groups excluding tert-OH is 1. The molecule has 2 N–H and O–H groups in total. The highest BCUT2D eigenvalue weighted by molar-refractivity contribution is 9.10. The first kappa shape index (κ1) is 18.3. The first-order chi connectivity index (χ1) is 10.1. The fraction of sp³-hybridized carbons (Fsp3) is 0.625. The molecule has 0 heterocycles. The van der Waals surface area contributed by atoms with Crippen molar-refractivity contribution in [2.24, 2.45) is 0 Å². The molecular weight excluding hydrogens is 334 g/mol. The molecule has 1 aromatic carbocycles. The molecule has 0 bridgehead atoms. The van der Waals surface area contributed by atoms with E-state index in [0.717, 1.165) is 53.9 Å². The van der Waals surface area contributed by atoms with Gasteiger partial charge in [-0.05, 0) is 51.8 Å². The van der Waals surface area contributed by atoms with E-state index in [-0.39, 0.29) is 12.7 Å². The summed E-state index contributed by atoms with van der Waals surface area (Å²) in [7, 11) is 1.65. The maximum absolute atomic E-state index is 8.75. The highest BCUT2D eigenvalue weighted by atomic mass is 79.9. The standard InChI is InChI=1S/C16H26BrNO3/c1-12(2)21-16-13(9-14(17)10-15(16)20-3)11-18-7-5-4-6-8-19/h9-10,12,18-19H,4-8,11H2,1-3H3. The molecule has 0 saturated heterocycles. The number of hydrogen-bond donors (Lipinski definition) is 2. The Labute approximate surface area is 136 Å². The van der Waals surface area contributed by atoms with E-state index in [0.29, 0.717) is 0 Å². The van der Waals surface area contributed by atoms with Crippen LogP contribution < -0.4 is 14.8 Å². The number of ether oxygens (including phenoxy) is 2. The molecule has 0 saturated carbocycles. The van der Waals surface area contributed by atoms with Gasteiger partial charge >= 0.3 is 0 Å². The Kier molecular flexibility index (Phi) is 8.73. The molecule has 0 fully saturated rings. The molecule has 21 heavy (non-hydrogen) atoms. The molecule has 0 unspecified atom stereocenters. The second-order valence-corrected chi connectivity index (χ2v) is 6.14. The SMILES string of the molecule is COc1cc(Br)cc(CNCCCCCO)c1OC(C)C. The summed E-state index contributed by atoms with van der Waals surface area (Å²) < 4.78 is 12.3. The van der Waals surface area contributed by atoms with Gasteiger partial charge in [0.2, 0.25) is 0 Å². The van der Waals surface area contributed by atoms with Crippen LogP contribution in [0.3, 0.4) is 0 Å². The molecule has 0 spiro atoms. The average Bonchev–Trinajstić information content (AvgIpc) is 2.44. The summed E-state index contributed by atoms with van der Waals surface area (Å²) in [4.78, 5) is 0. The molecule has 0 aromatic heterocycles. The highest BCUT2D eigenvalue weighted by Gasteiger charge is 2.13. The first-order valence-corrected chi connectivity index (χ1v) is 8.22. The van der Waals surface area contributed by atoms with Gasteiger partial charge in [0.15, 0.2) is 11.5 Å². The minimum absolute atomic E-state index is 0.100. The number of rotatable bonds is 10. The van der Waals surface area contributed by atoms with Crippen LogP contribution >= 0.6 is 15.9 Å². The molecule has 0 aliphatic rings. The summed E-state index contributed by atoms with van der Waals surface area (Å²) in [5, 5.41) is 12.2. The Morgan fingerprint density at radius 2 is 2.00 bits per heavy atom. The molecule has 0 aliphatic heterocycles. The molecule has 5 heteroatoms. The number of nitrogens with one attached hydrogen (secondary N) is 1. The number of halogens is 1. The number of hydrogen-bond acceptors (Lipinski definition) is 4. The second-order valence-electron chi connectivity index (χ2n) is 5.22. The fourth-order valence-electron chi connectivity index (χ4n) is 2.04. The van der Waals surface area contributed by atoms with E-state index in [1.807, 2.05) is 19.9 Å². The van der Waals surface area contributed by atoms with Gasteiger partial charge < -0.3 is 19.9 Å². The predicted octanol–water partition coefficient (Wildman–Crippen LogP) is 3.50. The van der Waals surface area contributed by atoms with Crippen molar-refractivity contribution in [3.8, 4) is 11.5 Å². The molecule has 0 amide bonds. The lowest BCUT2D eigenvalue weighted by Crippen LogP contribution is -2.17. The summed E-state index contributed by atoms with van der Waals surface area (Å²) in [6.07, 6.45) is 3.07.